The van der Waals surface area contributed by atoms with E-state index in [9.17, 15) is 4.79 Å². The Kier molecular flexibility index (Phi) is 5.58. The molecule has 24 heavy (non-hydrogen) atoms. The summed E-state index contributed by atoms with van der Waals surface area (Å²) in [5, 5.41) is 0.691. The second kappa shape index (κ2) is 8.26. The summed E-state index contributed by atoms with van der Waals surface area (Å²) in [6.07, 6.45) is 3.82. The van der Waals surface area contributed by atoms with Crippen LogP contribution in [0.5, 0.6) is 0 Å². The molecule has 0 aliphatic rings. The van der Waals surface area contributed by atoms with Crippen molar-refractivity contribution < 1.29 is 4.79 Å². The lowest BCUT2D eigenvalue weighted by atomic mass is 10.2. The third-order valence-electron chi connectivity index (χ3n) is 3.37. The number of rotatable bonds is 6. The molecule has 3 rings (SSSR count). The topological polar surface area (TPSA) is 46.1 Å². The highest BCUT2D eigenvalue weighted by Crippen LogP contribution is 2.26. The van der Waals surface area contributed by atoms with Gasteiger partial charge in [-0.05, 0) is 30.3 Å². The average molecular weight is 335 g/mol. The molecule has 0 unspecified atom stereocenters. The van der Waals surface area contributed by atoms with Crippen LogP contribution in [0, 0.1) is 0 Å². The largest absolute Gasteiger partial charge is 0.281 e. The van der Waals surface area contributed by atoms with Crippen LogP contribution in [0.3, 0.4) is 0 Å². The van der Waals surface area contributed by atoms with Gasteiger partial charge in [-0.25, -0.2) is 9.97 Å². The quantitative estimate of drug-likeness (QED) is 0.497. The molecule has 5 heteroatoms. The molecule has 1 aromatic heterocycles. The summed E-state index contributed by atoms with van der Waals surface area (Å²) in [4.78, 5) is 22.9. The van der Waals surface area contributed by atoms with Crippen LogP contribution < -0.4 is 4.90 Å². The lowest BCUT2D eigenvalue weighted by Crippen LogP contribution is -2.26. The Morgan fingerprint density at radius 3 is 1.92 bits per heavy atom. The van der Waals surface area contributed by atoms with Crippen LogP contribution in [0.15, 0.2) is 84.3 Å². The molecule has 0 saturated heterocycles. The summed E-state index contributed by atoms with van der Waals surface area (Å²) in [7, 11) is 0. The van der Waals surface area contributed by atoms with Crippen molar-refractivity contribution in [2.75, 3.05) is 10.7 Å². The normalized spacial score (nSPS) is 10.3. The Morgan fingerprint density at radius 1 is 0.833 bits per heavy atom. The molecule has 0 aliphatic carbocycles. The van der Waals surface area contributed by atoms with Gasteiger partial charge in [0.05, 0.1) is 0 Å². The standard InChI is InChI=1S/C19H17N3OS/c23-18(12-15-24-19-20-13-7-14-21-19)22(16-8-3-1-4-9-16)17-10-5-2-6-11-17/h1-11,13-14H,12,15H2. The molecule has 120 valence electrons. The van der Waals surface area contributed by atoms with Crippen LogP contribution in [0.4, 0.5) is 11.4 Å². The van der Waals surface area contributed by atoms with Crippen molar-refractivity contribution in [3.05, 3.63) is 79.1 Å². The van der Waals surface area contributed by atoms with Crippen molar-refractivity contribution in [1.82, 2.24) is 9.97 Å². The number of carbonyl (C=O) groups is 1. The minimum atomic E-state index is 0.0517. The lowest BCUT2D eigenvalue weighted by molar-refractivity contribution is -0.117. The first-order valence-corrected chi connectivity index (χ1v) is 8.66. The van der Waals surface area contributed by atoms with Gasteiger partial charge in [0.15, 0.2) is 5.16 Å². The van der Waals surface area contributed by atoms with Gasteiger partial charge in [-0.15, -0.1) is 0 Å². The third kappa shape index (κ3) is 4.20. The van der Waals surface area contributed by atoms with Gasteiger partial charge in [0, 0.05) is 35.9 Å². The van der Waals surface area contributed by atoms with E-state index in [0.29, 0.717) is 17.3 Å². The number of thioether (sulfide) groups is 1. The Morgan fingerprint density at radius 2 is 1.38 bits per heavy atom. The predicted octanol–water partition coefficient (Wildman–Crippen LogP) is 4.32. The monoisotopic (exact) mass is 335 g/mol. The van der Waals surface area contributed by atoms with E-state index in [2.05, 4.69) is 9.97 Å². The van der Waals surface area contributed by atoms with E-state index < -0.39 is 0 Å². The molecule has 1 amide bonds. The van der Waals surface area contributed by atoms with Crippen molar-refractivity contribution in [3.63, 3.8) is 0 Å². The van der Waals surface area contributed by atoms with E-state index in [4.69, 9.17) is 0 Å². The molecular formula is C19H17N3OS. The molecule has 0 N–H and O–H groups in total. The van der Waals surface area contributed by atoms with E-state index >= 15 is 0 Å². The third-order valence-corrected chi connectivity index (χ3v) is 4.24. The number of amides is 1. The Labute approximate surface area is 145 Å². The fraction of sp³-hybridized carbons (Fsp3) is 0.105. The fourth-order valence-electron chi connectivity index (χ4n) is 2.29. The number of carbonyl (C=O) groups excluding carboxylic acids is 1. The summed E-state index contributed by atoms with van der Waals surface area (Å²) >= 11 is 1.49. The molecular weight excluding hydrogens is 318 g/mol. The van der Waals surface area contributed by atoms with Gasteiger partial charge < -0.3 is 0 Å². The number of benzene rings is 2. The minimum Gasteiger partial charge on any atom is -0.281 e. The molecule has 0 aliphatic heterocycles. The van der Waals surface area contributed by atoms with E-state index in [0.717, 1.165) is 11.4 Å². The zero-order valence-electron chi connectivity index (χ0n) is 13.1. The van der Waals surface area contributed by atoms with Crippen molar-refractivity contribution in [3.8, 4) is 0 Å². The van der Waals surface area contributed by atoms with Gasteiger partial charge in [-0.2, -0.15) is 0 Å². The van der Waals surface area contributed by atoms with E-state index in [1.807, 2.05) is 60.7 Å². The molecule has 0 atom stereocenters. The van der Waals surface area contributed by atoms with Crippen LogP contribution in [-0.2, 0) is 4.79 Å². The van der Waals surface area contributed by atoms with E-state index in [-0.39, 0.29) is 5.91 Å². The molecule has 1 heterocycles. The van der Waals surface area contributed by atoms with Gasteiger partial charge in [0.1, 0.15) is 0 Å². The Hall–Kier alpha value is -2.66. The average Bonchev–Trinajstić information content (AvgIpc) is 2.65. The molecule has 0 radical (unpaired) electrons. The number of para-hydroxylation sites is 2. The highest BCUT2D eigenvalue weighted by molar-refractivity contribution is 7.99. The molecule has 0 saturated carbocycles. The van der Waals surface area contributed by atoms with Crippen LogP contribution in [-0.4, -0.2) is 21.6 Å². The van der Waals surface area contributed by atoms with Gasteiger partial charge >= 0.3 is 0 Å². The first-order chi connectivity index (χ1) is 11.8. The van der Waals surface area contributed by atoms with Crippen LogP contribution >= 0.6 is 11.8 Å². The van der Waals surface area contributed by atoms with Gasteiger partial charge in [0.2, 0.25) is 5.91 Å². The maximum atomic E-state index is 12.8. The number of anilines is 2. The number of aromatic nitrogens is 2. The van der Waals surface area contributed by atoms with Crippen molar-refractivity contribution >= 4 is 29.0 Å². The molecule has 0 bridgehead atoms. The summed E-state index contributed by atoms with van der Waals surface area (Å²) in [6.45, 7) is 0. The molecule has 3 aromatic rings. The van der Waals surface area contributed by atoms with Crippen molar-refractivity contribution in [1.29, 1.82) is 0 Å². The van der Waals surface area contributed by atoms with E-state index in [1.165, 1.54) is 11.8 Å². The summed E-state index contributed by atoms with van der Waals surface area (Å²) in [6, 6.07) is 21.2. The summed E-state index contributed by atoms with van der Waals surface area (Å²) < 4.78 is 0. The fourth-order valence-corrected chi connectivity index (χ4v) is 3.02. The van der Waals surface area contributed by atoms with Gasteiger partial charge in [-0.1, -0.05) is 48.2 Å². The van der Waals surface area contributed by atoms with Gasteiger partial charge in [-0.3, -0.25) is 9.69 Å². The Bertz CT molecular complexity index is 727. The maximum absolute atomic E-state index is 12.8. The predicted molar refractivity (Wildman–Crippen MR) is 97.4 cm³/mol. The molecule has 0 fully saturated rings. The van der Waals surface area contributed by atoms with Gasteiger partial charge in [0.25, 0.3) is 0 Å². The number of nitrogens with zero attached hydrogens (tertiary/aromatic N) is 3. The number of hydrogen-bond acceptors (Lipinski definition) is 4. The summed E-state index contributed by atoms with van der Waals surface area (Å²) in [5.41, 5.74) is 1.74. The van der Waals surface area contributed by atoms with Crippen molar-refractivity contribution in [2.45, 2.75) is 11.6 Å². The molecule has 4 nitrogen and oxygen atoms in total. The highest BCUT2D eigenvalue weighted by atomic mass is 32.2. The van der Waals surface area contributed by atoms with Crippen LogP contribution in [0.2, 0.25) is 0 Å². The zero-order valence-corrected chi connectivity index (χ0v) is 13.9. The SMILES string of the molecule is O=C(CCSc1ncccn1)N(c1ccccc1)c1ccccc1. The van der Waals surface area contributed by atoms with Crippen LogP contribution in [0.1, 0.15) is 6.42 Å². The van der Waals surface area contributed by atoms with Crippen LogP contribution in [0.25, 0.3) is 0 Å². The zero-order chi connectivity index (χ0) is 16.6. The molecule has 0 spiro atoms. The van der Waals surface area contributed by atoms with Crippen molar-refractivity contribution in [2.24, 2.45) is 0 Å². The smallest absolute Gasteiger partial charge is 0.232 e. The number of hydrogen-bond donors (Lipinski definition) is 0. The molecule has 2 aromatic carbocycles. The first kappa shape index (κ1) is 16.2. The lowest BCUT2D eigenvalue weighted by Gasteiger charge is -2.23. The second-order valence-electron chi connectivity index (χ2n) is 5.03. The highest BCUT2D eigenvalue weighted by Gasteiger charge is 2.17. The van der Waals surface area contributed by atoms with E-state index in [1.54, 1.807) is 23.4 Å². The minimum absolute atomic E-state index is 0.0517. The Balaban J connectivity index is 1.72. The first-order valence-electron chi connectivity index (χ1n) is 7.67. The summed E-state index contributed by atoms with van der Waals surface area (Å²) in [5.74, 6) is 0.690. The second-order valence-corrected chi connectivity index (χ2v) is 6.09. The maximum Gasteiger partial charge on any atom is 0.232 e.